The van der Waals surface area contributed by atoms with Crippen molar-refractivity contribution in [1.82, 2.24) is 4.72 Å². The van der Waals surface area contributed by atoms with Crippen LogP contribution in [0.3, 0.4) is 0 Å². The number of hydrogen-bond donors (Lipinski definition) is 2. The van der Waals surface area contributed by atoms with Crippen molar-refractivity contribution < 1.29 is 18.0 Å². The molecule has 1 saturated carbocycles. The van der Waals surface area contributed by atoms with Crippen molar-refractivity contribution in [3.05, 3.63) is 0 Å². The van der Waals surface area contributed by atoms with Gasteiger partial charge in [0.05, 0.1) is 6.26 Å². The molecule has 0 aromatic carbocycles. The normalized spacial score (nSPS) is 25.1. The molecule has 7 nitrogen and oxygen atoms in total. The predicted octanol–water partition coefficient (Wildman–Crippen LogP) is -0.241. The lowest BCUT2D eigenvalue weighted by Crippen LogP contribution is -2.33. The Balaban J connectivity index is 2.48. The fraction of sp³-hybridized carbons (Fsp3) is 0.778. The van der Waals surface area contributed by atoms with E-state index in [0.717, 1.165) is 6.26 Å². The number of hydrogen-bond acceptors (Lipinski definition) is 5. The van der Waals surface area contributed by atoms with Gasteiger partial charge in [-0.1, -0.05) is 5.16 Å². The first-order valence-corrected chi connectivity index (χ1v) is 7.81. The van der Waals surface area contributed by atoms with E-state index in [9.17, 15) is 13.2 Å². The molecule has 0 saturated heterocycles. The molecule has 0 spiro atoms. The van der Waals surface area contributed by atoms with Crippen molar-refractivity contribution in [3.63, 3.8) is 0 Å². The highest BCUT2D eigenvalue weighted by Gasteiger charge is 2.29. The molecule has 1 rings (SSSR count). The number of rotatable bonds is 5. The van der Waals surface area contributed by atoms with Crippen LogP contribution in [0.1, 0.15) is 19.3 Å². The van der Waals surface area contributed by atoms with Crippen LogP contribution >= 0.6 is 11.6 Å². The van der Waals surface area contributed by atoms with E-state index in [4.69, 9.17) is 17.3 Å². The Morgan fingerprint density at radius 3 is 2.78 bits per heavy atom. The minimum absolute atomic E-state index is 0.0904. The number of amidine groups is 1. The van der Waals surface area contributed by atoms with E-state index in [2.05, 4.69) is 14.7 Å². The fourth-order valence-corrected chi connectivity index (χ4v) is 2.73. The molecule has 2 atom stereocenters. The second kappa shape index (κ2) is 6.35. The fourth-order valence-electron chi connectivity index (χ4n) is 1.86. The molecule has 0 aromatic rings. The topological polar surface area (TPSA) is 111 Å². The van der Waals surface area contributed by atoms with Crippen LogP contribution < -0.4 is 10.5 Å². The van der Waals surface area contributed by atoms with Gasteiger partial charge < -0.3 is 10.6 Å². The monoisotopic (exact) mass is 297 g/mol. The van der Waals surface area contributed by atoms with Crippen LogP contribution in [0.25, 0.3) is 0 Å². The third-order valence-corrected chi connectivity index (χ3v) is 3.57. The summed E-state index contributed by atoms with van der Waals surface area (Å²) in [5, 5.41) is 3.49. The van der Waals surface area contributed by atoms with Gasteiger partial charge >= 0.3 is 5.97 Å². The number of carbonyl (C=O) groups excluding carboxylic acids is 1. The van der Waals surface area contributed by atoms with Gasteiger partial charge in [-0.3, -0.25) is 0 Å². The standard InChI is InChI=1S/C9H16ClN3O4S/c1-18(15,16)13-7-3-2-6(4-7)9(11)12-17-8(14)5-10/h6-7,13H,2-5H2,1H3,(H2,11,12). The van der Waals surface area contributed by atoms with Crippen LogP contribution in [0, 0.1) is 5.92 Å². The summed E-state index contributed by atoms with van der Waals surface area (Å²) in [7, 11) is -3.22. The molecular formula is C9H16ClN3O4S. The SMILES string of the molecule is CS(=O)(=O)NC1CCC(C(N)=NOC(=O)CCl)C1. The highest BCUT2D eigenvalue weighted by Crippen LogP contribution is 2.26. The van der Waals surface area contributed by atoms with Gasteiger partial charge in [0.15, 0.2) is 0 Å². The molecule has 1 aliphatic carbocycles. The third-order valence-electron chi connectivity index (χ3n) is 2.59. The molecule has 9 heteroatoms. The van der Waals surface area contributed by atoms with E-state index in [-0.39, 0.29) is 23.7 Å². The molecular weight excluding hydrogens is 282 g/mol. The average molecular weight is 298 g/mol. The molecule has 2 unspecified atom stereocenters. The lowest BCUT2D eigenvalue weighted by molar-refractivity contribution is -0.140. The highest BCUT2D eigenvalue weighted by atomic mass is 35.5. The maximum absolute atomic E-state index is 11.1. The molecule has 0 aliphatic heterocycles. The Bertz CT molecular complexity index is 437. The van der Waals surface area contributed by atoms with Gasteiger partial charge in [0, 0.05) is 12.0 Å². The van der Waals surface area contributed by atoms with E-state index >= 15 is 0 Å². The van der Waals surface area contributed by atoms with Crippen LogP contribution in [-0.4, -0.2) is 38.4 Å². The summed E-state index contributed by atoms with van der Waals surface area (Å²) >= 11 is 5.23. The van der Waals surface area contributed by atoms with E-state index in [0.29, 0.717) is 19.3 Å². The molecule has 0 amide bonds. The van der Waals surface area contributed by atoms with E-state index in [1.165, 1.54) is 0 Å². The number of sulfonamides is 1. The maximum atomic E-state index is 11.1. The van der Waals surface area contributed by atoms with Gasteiger partial charge in [0.2, 0.25) is 10.0 Å². The molecule has 0 aromatic heterocycles. The Morgan fingerprint density at radius 1 is 1.56 bits per heavy atom. The zero-order valence-corrected chi connectivity index (χ0v) is 11.5. The van der Waals surface area contributed by atoms with Crippen LogP contribution in [0.5, 0.6) is 0 Å². The zero-order chi connectivity index (χ0) is 13.8. The van der Waals surface area contributed by atoms with E-state index in [1.54, 1.807) is 0 Å². The number of nitrogens with one attached hydrogen (secondary N) is 1. The first-order chi connectivity index (χ1) is 8.31. The summed E-state index contributed by atoms with van der Waals surface area (Å²) in [4.78, 5) is 15.2. The summed E-state index contributed by atoms with van der Waals surface area (Å²) in [5.74, 6) is -0.873. The molecule has 1 fully saturated rings. The molecule has 0 radical (unpaired) electrons. The average Bonchev–Trinajstić information content (AvgIpc) is 2.71. The van der Waals surface area contributed by atoms with Crippen LogP contribution in [0.15, 0.2) is 5.16 Å². The van der Waals surface area contributed by atoms with Gasteiger partial charge in [0.1, 0.15) is 11.7 Å². The second-order valence-electron chi connectivity index (χ2n) is 4.21. The summed E-state index contributed by atoms with van der Waals surface area (Å²) in [6.07, 6.45) is 3.03. The maximum Gasteiger partial charge on any atom is 0.349 e. The Labute approximate surface area is 111 Å². The first-order valence-electron chi connectivity index (χ1n) is 5.38. The molecule has 3 N–H and O–H groups in total. The largest absolute Gasteiger partial charge is 0.384 e. The second-order valence-corrected chi connectivity index (χ2v) is 6.26. The molecule has 0 heterocycles. The number of carbonyl (C=O) groups is 1. The molecule has 0 bridgehead atoms. The van der Waals surface area contributed by atoms with Gasteiger partial charge in [-0.15, -0.1) is 11.6 Å². The number of oxime groups is 1. The van der Waals surface area contributed by atoms with Crippen molar-refractivity contribution >= 4 is 33.4 Å². The molecule has 18 heavy (non-hydrogen) atoms. The minimum atomic E-state index is -3.22. The number of nitrogens with zero attached hydrogens (tertiary/aromatic N) is 1. The van der Waals surface area contributed by atoms with Crippen molar-refractivity contribution in [3.8, 4) is 0 Å². The van der Waals surface area contributed by atoms with Crippen LogP contribution in [-0.2, 0) is 19.7 Å². The molecule has 104 valence electrons. The first kappa shape index (κ1) is 15.2. The number of halogens is 1. The number of alkyl halides is 1. The van der Waals surface area contributed by atoms with Crippen molar-refractivity contribution in [2.45, 2.75) is 25.3 Å². The summed E-state index contributed by atoms with van der Waals surface area (Å²) in [6.45, 7) is 0. The Morgan fingerprint density at radius 2 is 2.22 bits per heavy atom. The van der Waals surface area contributed by atoms with Crippen molar-refractivity contribution in [2.75, 3.05) is 12.1 Å². The van der Waals surface area contributed by atoms with Gasteiger partial charge in [-0.05, 0) is 19.3 Å². The van der Waals surface area contributed by atoms with Crippen molar-refractivity contribution in [2.24, 2.45) is 16.8 Å². The van der Waals surface area contributed by atoms with E-state index in [1.807, 2.05) is 0 Å². The smallest absolute Gasteiger partial charge is 0.349 e. The highest BCUT2D eigenvalue weighted by molar-refractivity contribution is 7.88. The lowest BCUT2D eigenvalue weighted by Gasteiger charge is -2.11. The Hall–Kier alpha value is -0.860. The summed E-state index contributed by atoms with van der Waals surface area (Å²) in [5.41, 5.74) is 5.66. The van der Waals surface area contributed by atoms with E-state index < -0.39 is 16.0 Å². The van der Waals surface area contributed by atoms with Gasteiger partial charge in [-0.25, -0.2) is 17.9 Å². The zero-order valence-electron chi connectivity index (χ0n) is 9.93. The summed E-state index contributed by atoms with van der Waals surface area (Å²) < 4.78 is 24.6. The quantitative estimate of drug-likeness (QED) is 0.239. The predicted molar refractivity (Wildman–Crippen MR) is 67.5 cm³/mol. The van der Waals surface area contributed by atoms with Gasteiger partial charge in [0.25, 0.3) is 0 Å². The van der Waals surface area contributed by atoms with Crippen LogP contribution in [0.2, 0.25) is 0 Å². The summed E-state index contributed by atoms with van der Waals surface area (Å²) in [6, 6.07) is -0.150. The molecule has 1 aliphatic rings. The van der Waals surface area contributed by atoms with Crippen molar-refractivity contribution in [1.29, 1.82) is 0 Å². The minimum Gasteiger partial charge on any atom is -0.384 e. The van der Waals surface area contributed by atoms with Crippen LogP contribution in [0.4, 0.5) is 0 Å². The van der Waals surface area contributed by atoms with Gasteiger partial charge in [-0.2, -0.15) is 0 Å². The number of nitrogens with two attached hydrogens (primary N) is 1. The Kier molecular flexibility index (Phi) is 5.36. The lowest BCUT2D eigenvalue weighted by atomic mass is 10.1. The third kappa shape index (κ3) is 5.19.